The van der Waals surface area contributed by atoms with Crippen LogP contribution in [0.3, 0.4) is 0 Å². The quantitative estimate of drug-likeness (QED) is 0.621. The highest BCUT2D eigenvalue weighted by Gasteiger charge is 2.14. The topological polar surface area (TPSA) is 15.3 Å². The Hall–Kier alpha value is -0.0800. The molecular weight excluding hydrogens is 208 g/mol. The second-order valence-electron chi connectivity index (χ2n) is 5.77. The third-order valence-corrected chi connectivity index (χ3v) is 3.94. The molecule has 1 saturated heterocycles. The van der Waals surface area contributed by atoms with Crippen LogP contribution in [0.25, 0.3) is 0 Å². The summed E-state index contributed by atoms with van der Waals surface area (Å²) in [7, 11) is 0. The summed E-state index contributed by atoms with van der Waals surface area (Å²) in [4.78, 5) is 2.66. The molecule has 1 heterocycles. The van der Waals surface area contributed by atoms with Gasteiger partial charge in [-0.3, -0.25) is 0 Å². The minimum Gasteiger partial charge on any atom is -0.314 e. The molecule has 0 aromatic carbocycles. The molecule has 1 atom stereocenters. The van der Waals surface area contributed by atoms with Crippen LogP contribution < -0.4 is 5.32 Å². The van der Waals surface area contributed by atoms with E-state index in [-0.39, 0.29) is 0 Å². The first-order valence-corrected chi connectivity index (χ1v) is 7.71. The number of rotatable bonds is 9. The van der Waals surface area contributed by atoms with E-state index in [1.54, 1.807) is 0 Å². The van der Waals surface area contributed by atoms with E-state index in [2.05, 4.69) is 31.0 Å². The minimum absolute atomic E-state index is 0.711. The summed E-state index contributed by atoms with van der Waals surface area (Å²) in [6, 6.07) is 1.53. The van der Waals surface area contributed by atoms with Gasteiger partial charge in [0.05, 0.1) is 0 Å². The highest BCUT2D eigenvalue weighted by atomic mass is 15.1. The van der Waals surface area contributed by atoms with Crippen molar-refractivity contribution in [2.75, 3.05) is 19.6 Å². The Morgan fingerprint density at radius 3 is 2.53 bits per heavy atom. The van der Waals surface area contributed by atoms with Gasteiger partial charge in [-0.15, -0.1) is 0 Å². The number of hydrogen-bond donors (Lipinski definition) is 1. The van der Waals surface area contributed by atoms with Crippen LogP contribution in [-0.2, 0) is 0 Å². The average molecular weight is 240 g/mol. The Bertz CT molecular complexity index is 174. The van der Waals surface area contributed by atoms with Crippen molar-refractivity contribution in [2.24, 2.45) is 0 Å². The van der Waals surface area contributed by atoms with Gasteiger partial charge in [-0.25, -0.2) is 0 Å². The van der Waals surface area contributed by atoms with Gasteiger partial charge in [0.2, 0.25) is 0 Å². The maximum absolute atomic E-state index is 3.59. The molecule has 17 heavy (non-hydrogen) atoms. The van der Waals surface area contributed by atoms with E-state index in [0.29, 0.717) is 6.04 Å². The molecular formula is C15H32N2. The zero-order valence-electron chi connectivity index (χ0n) is 12.2. The fraction of sp³-hybridized carbons (Fsp3) is 1.00. The summed E-state index contributed by atoms with van der Waals surface area (Å²) >= 11 is 0. The molecule has 0 spiro atoms. The summed E-state index contributed by atoms with van der Waals surface area (Å²) in [5.41, 5.74) is 0. The lowest BCUT2D eigenvalue weighted by molar-refractivity contribution is 0.210. The van der Waals surface area contributed by atoms with E-state index in [1.165, 1.54) is 64.6 Å². The molecule has 1 unspecified atom stereocenters. The highest BCUT2D eigenvalue weighted by Crippen LogP contribution is 2.12. The Labute approximate surface area is 108 Å². The second kappa shape index (κ2) is 8.93. The van der Waals surface area contributed by atoms with Crippen LogP contribution in [0, 0.1) is 0 Å². The van der Waals surface area contributed by atoms with E-state index in [0.717, 1.165) is 6.04 Å². The molecule has 0 saturated carbocycles. The van der Waals surface area contributed by atoms with Crippen molar-refractivity contribution in [3.63, 3.8) is 0 Å². The molecule has 2 nitrogen and oxygen atoms in total. The third kappa shape index (κ3) is 6.42. The van der Waals surface area contributed by atoms with Gasteiger partial charge in [-0.2, -0.15) is 0 Å². The molecule has 102 valence electrons. The standard InChI is InChI=1S/C15H32N2/c1-4-5-6-12-17(14(2)3)13-8-10-15-9-7-11-16-15/h14-16H,4-13H2,1-3H3. The number of nitrogens with one attached hydrogen (secondary N) is 1. The Kier molecular flexibility index (Phi) is 7.87. The third-order valence-electron chi connectivity index (χ3n) is 3.94. The second-order valence-corrected chi connectivity index (χ2v) is 5.77. The van der Waals surface area contributed by atoms with Gasteiger partial charge in [0.25, 0.3) is 0 Å². The Balaban J connectivity index is 2.10. The number of hydrogen-bond acceptors (Lipinski definition) is 2. The molecule has 1 rings (SSSR count). The molecule has 0 bridgehead atoms. The van der Waals surface area contributed by atoms with Crippen LogP contribution in [-0.4, -0.2) is 36.6 Å². The molecule has 0 aromatic rings. The van der Waals surface area contributed by atoms with Crippen LogP contribution in [0.2, 0.25) is 0 Å². The van der Waals surface area contributed by atoms with E-state index in [1.807, 2.05) is 0 Å². The Morgan fingerprint density at radius 2 is 1.94 bits per heavy atom. The van der Waals surface area contributed by atoms with Crippen molar-refractivity contribution in [1.29, 1.82) is 0 Å². The van der Waals surface area contributed by atoms with Crippen molar-refractivity contribution < 1.29 is 0 Å². The smallest absolute Gasteiger partial charge is 0.00680 e. The first-order chi connectivity index (χ1) is 8.24. The van der Waals surface area contributed by atoms with Gasteiger partial charge in [0.1, 0.15) is 0 Å². The first kappa shape index (κ1) is 15.0. The van der Waals surface area contributed by atoms with Crippen LogP contribution in [0.15, 0.2) is 0 Å². The van der Waals surface area contributed by atoms with Crippen molar-refractivity contribution in [3.05, 3.63) is 0 Å². The molecule has 0 radical (unpaired) electrons. The maximum Gasteiger partial charge on any atom is 0.00680 e. The first-order valence-electron chi connectivity index (χ1n) is 7.71. The number of nitrogens with zero attached hydrogens (tertiary/aromatic N) is 1. The van der Waals surface area contributed by atoms with Crippen molar-refractivity contribution in [1.82, 2.24) is 10.2 Å². The normalized spacial score (nSPS) is 20.6. The molecule has 1 aliphatic heterocycles. The van der Waals surface area contributed by atoms with Crippen molar-refractivity contribution in [3.8, 4) is 0 Å². The molecule has 1 N–H and O–H groups in total. The summed E-state index contributed by atoms with van der Waals surface area (Å²) in [6.07, 6.45) is 9.60. The molecule has 2 heteroatoms. The molecule has 0 aliphatic carbocycles. The Morgan fingerprint density at radius 1 is 1.18 bits per heavy atom. The predicted octanol–water partition coefficient (Wildman–Crippen LogP) is 3.42. The van der Waals surface area contributed by atoms with Gasteiger partial charge in [-0.05, 0) is 65.6 Å². The summed E-state index contributed by atoms with van der Waals surface area (Å²) < 4.78 is 0. The summed E-state index contributed by atoms with van der Waals surface area (Å²) in [5.74, 6) is 0. The van der Waals surface area contributed by atoms with Crippen LogP contribution in [0.5, 0.6) is 0 Å². The van der Waals surface area contributed by atoms with Crippen LogP contribution in [0.4, 0.5) is 0 Å². The van der Waals surface area contributed by atoms with E-state index in [4.69, 9.17) is 0 Å². The fourth-order valence-corrected chi connectivity index (χ4v) is 2.74. The van der Waals surface area contributed by atoms with Crippen LogP contribution >= 0.6 is 0 Å². The van der Waals surface area contributed by atoms with Gasteiger partial charge in [0.15, 0.2) is 0 Å². The summed E-state index contributed by atoms with van der Waals surface area (Å²) in [6.45, 7) is 10.8. The van der Waals surface area contributed by atoms with Gasteiger partial charge in [0, 0.05) is 12.1 Å². The lowest BCUT2D eigenvalue weighted by Crippen LogP contribution is -2.33. The highest BCUT2D eigenvalue weighted by molar-refractivity contribution is 4.74. The largest absolute Gasteiger partial charge is 0.314 e. The van der Waals surface area contributed by atoms with E-state index < -0.39 is 0 Å². The molecule has 1 fully saturated rings. The molecule has 0 aromatic heterocycles. The SMILES string of the molecule is CCCCCN(CCCC1CCCN1)C(C)C. The van der Waals surface area contributed by atoms with Crippen molar-refractivity contribution in [2.45, 2.75) is 77.8 Å². The molecule has 1 aliphatic rings. The van der Waals surface area contributed by atoms with Gasteiger partial charge in [-0.1, -0.05) is 19.8 Å². The average Bonchev–Trinajstić information content (AvgIpc) is 2.80. The summed E-state index contributed by atoms with van der Waals surface area (Å²) in [5, 5.41) is 3.59. The van der Waals surface area contributed by atoms with Crippen LogP contribution in [0.1, 0.15) is 65.7 Å². The maximum atomic E-state index is 3.59. The minimum atomic E-state index is 0.711. The number of unbranched alkanes of at least 4 members (excludes halogenated alkanes) is 2. The lowest BCUT2D eigenvalue weighted by atomic mass is 10.1. The lowest BCUT2D eigenvalue weighted by Gasteiger charge is -2.27. The molecule has 0 amide bonds. The van der Waals surface area contributed by atoms with Gasteiger partial charge >= 0.3 is 0 Å². The van der Waals surface area contributed by atoms with E-state index >= 15 is 0 Å². The zero-order chi connectivity index (χ0) is 12.5. The van der Waals surface area contributed by atoms with E-state index in [9.17, 15) is 0 Å². The monoisotopic (exact) mass is 240 g/mol. The zero-order valence-corrected chi connectivity index (χ0v) is 12.2. The fourth-order valence-electron chi connectivity index (χ4n) is 2.74. The van der Waals surface area contributed by atoms with Crippen molar-refractivity contribution >= 4 is 0 Å². The predicted molar refractivity (Wildman–Crippen MR) is 76.5 cm³/mol. The van der Waals surface area contributed by atoms with Gasteiger partial charge < -0.3 is 10.2 Å².